The molecule has 2 fully saturated rings. The van der Waals surface area contributed by atoms with Gasteiger partial charge >= 0.3 is 11.9 Å². The van der Waals surface area contributed by atoms with Gasteiger partial charge in [-0.2, -0.15) is 0 Å². The van der Waals surface area contributed by atoms with Crippen LogP contribution in [-0.4, -0.2) is 53.1 Å². The number of esters is 2. The summed E-state index contributed by atoms with van der Waals surface area (Å²) in [7, 11) is 1.97. The second-order valence-corrected chi connectivity index (χ2v) is 7.43. The summed E-state index contributed by atoms with van der Waals surface area (Å²) in [4.78, 5) is 38.1. The fraction of sp³-hybridized carbons (Fsp3) is 0.579. The zero-order chi connectivity index (χ0) is 19.7. The van der Waals surface area contributed by atoms with Gasteiger partial charge in [-0.1, -0.05) is 12.1 Å². The predicted octanol–water partition coefficient (Wildman–Crippen LogP) is 2.55. The molecule has 2 bridgehead atoms. The zero-order valence-corrected chi connectivity index (χ0v) is 15.7. The predicted molar refractivity (Wildman–Crippen MR) is 96.2 cm³/mol. The van der Waals surface area contributed by atoms with E-state index in [1.165, 1.54) is 18.2 Å². The van der Waals surface area contributed by atoms with Crippen LogP contribution in [-0.2, 0) is 14.3 Å². The maximum absolute atomic E-state index is 12.7. The van der Waals surface area contributed by atoms with Gasteiger partial charge in [0, 0.05) is 24.6 Å². The van der Waals surface area contributed by atoms with Crippen LogP contribution in [0.25, 0.3) is 0 Å². The summed E-state index contributed by atoms with van der Waals surface area (Å²) in [6.45, 7) is 3.55. The van der Waals surface area contributed by atoms with E-state index in [0.717, 1.165) is 12.8 Å². The summed E-state index contributed by atoms with van der Waals surface area (Å²) in [6.07, 6.45) is 1.34. The maximum Gasteiger partial charge on any atom is 0.345 e. The van der Waals surface area contributed by atoms with Crippen molar-refractivity contribution < 1.29 is 24.0 Å². The average Bonchev–Trinajstić information content (AvgIpc) is 2.84. The first-order chi connectivity index (χ1) is 12.8. The molecule has 0 amide bonds. The molecule has 4 atom stereocenters. The summed E-state index contributed by atoms with van der Waals surface area (Å²) in [5, 5.41) is 11.2. The smallest absolute Gasteiger partial charge is 0.345 e. The third-order valence-corrected chi connectivity index (χ3v) is 5.42. The fourth-order valence-electron chi connectivity index (χ4n) is 4.17. The Labute approximate surface area is 157 Å². The molecule has 146 valence electrons. The molecular weight excluding hydrogens is 352 g/mol. The molecule has 0 aromatic heterocycles. The molecule has 1 aromatic carbocycles. The molecule has 3 rings (SSSR count). The molecule has 27 heavy (non-hydrogen) atoms. The monoisotopic (exact) mass is 376 g/mol. The number of nitrogens with zero attached hydrogens (tertiary/aromatic N) is 2. The van der Waals surface area contributed by atoms with Crippen molar-refractivity contribution in [3.63, 3.8) is 0 Å². The van der Waals surface area contributed by atoms with Gasteiger partial charge in [0.2, 0.25) is 0 Å². The fourth-order valence-corrected chi connectivity index (χ4v) is 4.17. The van der Waals surface area contributed by atoms with Crippen LogP contribution in [0.3, 0.4) is 0 Å². The Bertz CT molecular complexity index is 749. The van der Waals surface area contributed by atoms with E-state index in [1.807, 2.05) is 7.05 Å². The quantitative estimate of drug-likeness (QED) is 0.442. The Morgan fingerprint density at radius 3 is 2.63 bits per heavy atom. The van der Waals surface area contributed by atoms with Gasteiger partial charge in [0.25, 0.3) is 5.69 Å². The standard InChI is InChI=1S/C19H24N2O6/c1-11(2)26-19(23)17-15-9-8-12(20(15)3)10-16(17)27-18(22)13-6-4-5-7-14(13)21(24)25/h4-7,11-12,15-17H,8-10H2,1-3H3/t12-,15+,16-,17+/m0/s1. The van der Waals surface area contributed by atoms with Crippen molar-refractivity contribution in [3.8, 4) is 0 Å². The van der Waals surface area contributed by atoms with E-state index < -0.39 is 22.9 Å². The van der Waals surface area contributed by atoms with E-state index in [0.29, 0.717) is 6.42 Å². The van der Waals surface area contributed by atoms with Gasteiger partial charge in [-0.3, -0.25) is 19.8 Å². The summed E-state index contributed by atoms with van der Waals surface area (Å²) in [5.74, 6) is -1.76. The summed E-state index contributed by atoms with van der Waals surface area (Å²) in [6, 6.07) is 5.84. The number of fused-ring (bicyclic) bond motifs is 2. The summed E-state index contributed by atoms with van der Waals surface area (Å²) >= 11 is 0. The Morgan fingerprint density at radius 2 is 1.96 bits per heavy atom. The van der Waals surface area contributed by atoms with E-state index >= 15 is 0 Å². The maximum atomic E-state index is 12.7. The minimum absolute atomic E-state index is 0.0569. The molecule has 2 heterocycles. The SMILES string of the molecule is CC(C)OC(=O)[C@H]1[C@@H](OC(=O)c2ccccc2[N+](=O)[O-])C[C@@H]2CC[C@H]1N2C. The number of carbonyl (C=O) groups excluding carboxylic acids is 2. The minimum Gasteiger partial charge on any atom is -0.463 e. The lowest BCUT2D eigenvalue weighted by Gasteiger charge is -2.41. The van der Waals surface area contributed by atoms with Crippen molar-refractivity contribution >= 4 is 17.6 Å². The second kappa shape index (κ2) is 7.64. The first-order valence-corrected chi connectivity index (χ1v) is 9.16. The summed E-state index contributed by atoms with van der Waals surface area (Å²) in [5.41, 5.74) is -0.413. The number of ether oxygens (including phenoxy) is 2. The molecule has 2 aliphatic rings. The van der Waals surface area contributed by atoms with Crippen molar-refractivity contribution in [1.29, 1.82) is 0 Å². The zero-order valence-electron chi connectivity index (χ0n) is 15.7. The van der Waals surface area contributed by atoms with Gasteiger partial charge in [-0.15, -0.1) is 0 Å². The van der Waals surface area contributed by atoms with Crippen LogP contribution in [0.5, 0.6) is 0 Å². The van der Waals surface area contributed by atoms with E-state index in [-0.39, 0.29) is 35.4 Å². The lowest BCUT2D eigenvalue weighted by molar-refractivity contribution is -0.385. The average molecular weight is 376 g/mol. The molecule has 1 aromatic rings. The first-order valence-electron chi connectivity index (χ1n) is 9.16. The van der Waals surface area contributed by atoms with Crippen LogP contribution < -0.4 is 0 Å². The number of para-hydroxylation sites is 1. The molecule has 0 aliphatic carbocycles. The number of hydrogen-bond donors (Lipinski definition) is 0. The first kappa shape index (κ1) is 19.3. The molecule has 2 saturated heterocycles. The lowest BCUT2D eigenvalue weighted by Crippen LogP contribution is -2.54. The summed E-state index contributed by atoms with van der Waals surface area (Å²) < 4.78 is 11.0. The topological polar surface area (TPSA) is 99.0 Å². The van der Waals surface area contributed by atoms with E-state index in [4.69, 9.17) is 9.47 Å². The molecule has 0 saturated carbocycles. The van der Waals surface area contributed by atoms with Gasteiger partial charge in [-0.25, -0.2) is 4.79 Å². The number of hydrogen-bond acceptors (Lipinski definition) is 7. The van der Waals surface area contributed by atoms with E-state index in [2.05, 4.69) is 4.90 Å². The van der Waals surface area contributed by atoms with Crippen molar-refractivity contribution in [2.24, 2.45) is 5.92 Å². The van der Waals surface area contributed by atoms with Crippen molar-refractivity contribution in [2.75, 3.05) is 7.05 Å². The van der Waals surface area contributed by atoms with Crippen LogP contribution in [0.4, 0.5) is 5.69 Å². The molecular formula is C19H24N2O6. The van der Waals surface area contributed by atoms with E-state index in [9.17, 15) is 19.7 Å². The van der Waals surface area contributed by atoms with Gasteiger partial charge < -0.3 is 9.47 Å². The Morgan fingerprint density at radius 1 is 1.26 bits per heavy atom. The number of rotatable bonds is 5. The molecule has 8 heteroatoms. The highest BCUT2D eigenvalue weighted by molar-refractivity contribution is 5.94. The minimum atomic E-state index is -0.779. The third-order valence-electron chi connectivity index (χ3n) is 5.42. The van der Waals surface area contributed by atoms with Gasteiger partial charge in [0.05, 0.1) is 11.0 Å². The molecule has 0 radical (unpaired) electrons. The highest BCUT2D eigenvalue weighted by atomic mass is 16.6. The second-order valence-electron chi connectivity index (χ2n) is 7.43. The normalized spacial score (nSPS) is 27.4. The van der Waals surface area contributed by atoms with Crippen LogP contribution in [0, 0.1) is 16.0 Å². The molecule has 0 N–H and O–H groups in total. The largest absolute Gasteiger partial charge is 0.463 e. The number of carbonyl (C=O) groups is 2. The molecule has 8 nitrogen and oxygen atoms in total. The number of piperidine rings is 1. The third kappa shape index (κ3) is 3.80. The Hall–Kier alpha value is -2.48. The molecule has 0 spiro atoms. The van der Waals surface area contributed by atoms with Crippen molar-refractivity contribution in [2.45, 2.75) is 57.4 Å². The van der Waals surface area contributed by atoms with Gasteiger partial charge in [0.1, 0.15) is 17.6 Å². The Balaban J connectivity index is 1.84. The van der Waals surface area contributed by atoms with Gasteiger partial charge in [-0.05, 0) is 39.8 Å². The Kier molecular flexibility index (Phi) is 5.46. The van der Waals surface area contributed by atoms with E-state index in [1.54, 1.807) is 19.9 Å². The highest BCUT2D eigenvalue weighted by Gasteiger charge is 2.51. The molecule has 0 unspecified atom stereocenters. The van der Waals surface area contributed by atoms with Crippen molar-refractivity contribution in [1.82, 2.24) is 4.90 Å². The van der Waals surface area contributed by atoms with Gasteiger partial charge in [0.15, 0.2) is 0 Å². The van der Waals surface area contributed by atoms with Crippen LogP contribution in [0.15, 0.2) is 24.3 Å². The van der Waals surface area contributed by atoms with Crippen molar-refractivity contribution in [3.05, 3.63) is 39.9 Å². The number of benzene rings is 1. The lowest BCUT2D eigenvalue weighted by atomic mass is 9.87. The highest BCUT2D eigenvalue weighted by Crippen LogP contribution is 2.40. The van der Waals surface area contributed by atoms with Crippen LogP contribution in [0.2, 0.25) is 0 Å². The molecule has 2 aliphatic heterocycles. The van der Waals surface area contributed by atoms with Crippen LogP contribution in [0.1, 0.15) is 43.5 Å². The number of nitro benzene ring substituents is 1. The van der Waals surface area contributed by atoms with Crippen LogP contribution >= 0.6 is 0 Å². The number of nitro groups is 1.